The molecule has 0 unspecified atom stereocenters. The number of carboxylic acids is 1. The highest BCUT2D eigenvalue weighted by Crippen LogP contribution is 2.35. The lowest BCUT2D eigenvalue weighted by Crippen LogP contribution is -2.19. The molecule has 19 aromatic rings. The first-order valence-corrected chi connectivity index (χ1v) is 42.9. The average Bonchev–Trinajstić information content (AvgIpc) is 1.64. The second-order valence-corrected chi connectivity index (χ2v) is 32.1. The summed E-state index contributed by atoms with van der Waals surface area (Å²) in [5.41, 5.74) is 38.1. The molecule has 0 bridgehead atoms. The Morgan fingerprint density at radius 3 is 1.14 bits per heavy atom. The number of anilines is 11. The van der Waals surface area contributed by atoms with Gasteiger partial charge in [0, 0.05) is 101 Å². The lowest BCUT2D eigenvalue weighted by molar-refractivity contribution is -0.383. The number of H-pyrrole nitrogens is 3. The summed E-state index contributed by atoms with van der Waals surface area (Å²) in [4.78, 5) is 115. The Hall–Kier alpha value is -18.0. The number of nitrogen functional groups attached to an aromatic ring is 4. The summed E-state index contributed by atoms with van der Waals surface area (Å²) in [5.74, 6) is 1.26. The number of nitro benzene ring substituents is 1. The number of nitro groups is 1. The molecular weight excluding hydrogens is 1890 g/mol. The number of fused-ring (bicyclic) bond motifs is 8. The zero-order chi connectivity index (χ0) is 103. The molecule has 0 radical (unpaired) electrons. The number of aromatic nitrogens is 18. The number of nitrogens with two attached hydrogens (primary N) is 4. The van der Waals surface area contributed by atoms with Crippen molar-refractivity contribution in [3.05, 3.63) is 250 Å². The third-order valence-corrected chi connectivity index (χ3v) is 21.6. The predicted octanol–water partition coefficient (Wildman–Crippen LogP) is 19.8. The van der Waals surface area contributed by atoms with Crippen LogP contribution in [0, 0.1) is 24.0 Å². The lowest BCUT2D eigenvalue weighted by Gasteiger charge is -2.07. The molecule has 142 heavy (non-hydrogen) atoms. The number of carbonyl (C=O) groups excluding carboxylic acids is 4. The summed E-state index contributed by atoms with van der Waals surface area (Å²) in [5, 5.41) is 31.9. The van der Waals surface area contributed by atoms with Gasteiger partial charge in [0.1, 0.15) is 29.3 Å². The van der Waals surface area contributed by atoms with Crippen LogP contribution in [0.1, 0.15) is 110 Å². The van der Waals surface area contributed by atoms with Crippen LogP contribution < -0.4 is 58.4 Å². The summed E-state index contributed by atoms with van der Waals surface area (Å²) < 4.78 is 134. The van der Waals surface area contributed by atoms with E-state index in [1.54, 1.807) is 128 Å². The number of Topliss-reactive ketones (excluding diaryl/α,β-unsaturated/α-hetero) is 4. The maximum absolute atomic E-state index is 12.4. The quantitative estimate of drug-likeness (QED) is 0.00893. The Balaban J connectivity index is 0.000000144. The first-order valence-electron chi connectivity index (χ1n) is 42.4. The number of ketones is 4. The molecule has 48 heteroatoms. The molecule has 0 aliphatic heterocycles. The molecule has 0 spiro atoms. The highest BCUT2D eigenvalue weighted by atomic mass is 32.1. The number of benzene rings is 10. The van der Waals surface area contributed by atoms with Crippen LogP contribution in [0.2, 0.25) is 0 Å². The van der Waals surface area contributed by atoms with Crippen LogP contribution in [0.5, 0.6) is 17.2 Å². The van der Waals surface area contributed by atoms with Gasteiger partial charge in [-0.05, 0) is 210 Å². The number of hydrogen-bond donors (Lipinski definition) is 12. The van der Waals surface area contributed by atoms with E-state index < -0.39 is 30.0 Å². The second kappa shape index (κ2) is 42.3. The smallest absolute Gasteiger partial charge is 0.478 e. The first-order chi connectivity index (χ1) is 67.1. The summed E-state index contributed by atoms with van der Waals surface area (Å²) >= 11 is 5.29. The number of thiocarbonyl (C=S) groups is 1. The molecule has 0 atom stereocenters. The fourth-order valence-corrected chi connectivity index (χ4v) is 14.2. The van der Waals surface area contributed by atoms with Crippen LogP contribution in [-0.4, -0.2) is 151 Å². The van der Waals surface area contributed by atoms with E-state index in [0.29, 0.717) is 142 Å². The number of halogens is 9. The topological polar surface area (TPSA) is 522 Å². The van der Waals surface area contributed by atoms with Crippen molar-refractivity contribution in [2.45, 2.75) is 79.9 Å². The number of unbranched alkanes of at least 4 members (excludes halogenated alkanes) is 1. The van der Waals surface area contributed by atoms with E-state index in [2.05, 4.69) is 95.3 Å². The Kier molecular flexibility index (Phi) is 30.2. The van der Waals surface area contributed by atoms with Gasteiger partial charge in [-0.3, -0.25) is 49.8 Å². The molecule has 38 nitrogen and oxygen atoms in total. The molecule has 9 aromatic heterocycles. The Morgan fingerprint density at radius 2 is 0.789 bits per heavy atom. The van der Waals surface area contributed by atoms with Gasteiger partial charge in [0.05, 0.1) is 110 Å². The van der Waals surface area contributed by atoms with Crippen molar-refractivity contribution in [3.8, 4) is 17.2 Å². The van der Waals surface area contributed by atoms with E-state index in [0.717, 1.165) is 57.1 Å². The van der Waals surface area contributed by atoms with Crippen molar-refractivity contribution in [1.82, 2.24) is 87.2 Å². The molecule has 9 heterocycles. The highest BCUT2D eigenvalue weighted by Gasteiger charge is 2.34. The van der Waals surface area contributed by atoms with Crippen molar-refractivity contribution in [2.75, 3.05) is 44.2 Å². The average molecular weight is 1970 g/mol. The lowest BCUT2D eigenvalue weighted by atomic mass is 10.1. The Labute approximate surface area is 802 Å². The van der Waals surface area contributed by atoms with Crippen molar-refractivity contribution >= 4 is 205 Å². The summed E-state index contributed by atoms with van der Waals surface area (Å²) in [6, 6.07) is 47.7. The summed E-state index contributed by atoms with van der Waals surface area (Å²) in [6.45, 7) is 10.4. The number of aromatic amines is 3. The van der Waals surface area contributed by atoms with E-state index >= 15 is 0 Å². The van der Waals surface area contributed by atoms with E-state index in [-0.39, 0.29) is 63.3 Å². The van der Waals surface area contributed by atoms with E-state index in [4.69, 9.17) is 40.3 Å². The van der Waals surface area contributed by atoms with Crippen LogP contribution in [0.15, 0.2) is 201 Å². The van der Waals surface area contributed by atoms with Crippen molar-refractivity contribution in [2.24, 2.45) is 35.2 Å². The second-order valence-electron chi connectivity index (χ2n) is 31.7. The van der Waals surface area contributed by atoms with Crippen LogP contribution in [-0.2, 0) is 35.2 Å². The molecule has 16 N–H and O–H groups in total. The number of nitrogens with zero attached hydrogens (tertiary/aromatic N) is 16. The van der Waals surface area contributed by atoms with Crippen LogP contribution in [0.25, 0.3) is 88.3 Å². The van der Waals surface area contributed by atoms with Crippen molar-refractivity contribution in [3.63, 3.8) is 0 Å². The van der Waals surface area contributed by atoms with Gasteiger partial charge in [-0.15, -0.1) is 39.5 Å². The van der Waals surface area contributed by atoms with E-state index in [1.165, 1.54) is 93.6 Å². The molecule has 0 aliphatic carbocycles. The van der Waals surface area contributed by atoms with Crippen LogP contribution in [0.3, 0.4) is 0 Å². The molecule has 0 amide bonds. The summed E-state index contributed by atoms with van der Waals surface area (Å²) in [7, 11) is 9.08. The maximum atomic E-state index is 12.4. The minimum atomic E-state index is -4.78. The van der Waals surface area contributed by atoms with Gasteiger partial charge in [0.15, 0.2) is 28.2 Å². The number of aromatic carboxylic acids is 1. The minimum Gasteiger partial charge on any atom is -0.478 e. The third kappa shape index (κ3) is 25.2. The number of rotatable bonds is 19. The van der Waals surface area contributed by atoms with E-state index in [1.807, 2.05) is 82.9 Å². The van der Waals surface area contributed by atoms with Gasteiger partial charge < -0.3 is 85.4 Å². The van der Waals surface area contributed by atoms with Gasteiger partial charge in [0.25, 0.3) is 5.69 Å². The number of carboxylic acid groups (broad SMARTS) is 1. The van der Waals surface area contributed by atoms with Gasteiger partial charge >= 0.3 is 25.1 Å². The SMILES string of the molecule is CC(=O)c1ccc2c(c1)nc(N)n2C.CC(=O)c1ccc2c(c1)nc(NC(=S)n1ccnc1)n2C.CC(=O)c1ccc2c(c1)nc(Nc1nc3ccc(OC(F)(F)F)cc3[nH]1)n2C.CCCCC(=O)c1ccc2c(c1)nc(Nc1nc3ccc(OC(F)(F)F)cc3[nH]1)n2C.Cc1ccc(N)c(N)c1.Cc1ccc([N+](=O)[O-])c(N)c1.Cn1c(Nc2nc3ccc(OC(F)(F)F)cc3[nH]2)nc2cc(C(=O)O)ccc21. The Morgan fingerprint density at radius 1 is 0.437 bits per heavy atom. The molecule has 19 rings (SSSR count). The van der Waals surface area contributed by atoms with Crippen LogP contribution >= 0.6 is 12.2 Å². The first kappa shape index (κ1) is 101. The normalized spacial score (nSPS) is 11.3. The molecular formula is C94H88F9N27O11S. The molecule has 0 aliphatic rings. The maximum Gasteiger partial charge on any atom is 0.573 e. The van der Waals surface area contributed by atoms with Gasteiger partial charge in [-0.1, -0.05) is 25.5 Å². The predicted molar refractivity (Wildman–Crippen MR) is 523 cm³/mol. The zero-order valence-corrected chi connectivity index (χ0v) is 77.8. The molecule has 0 saturated heterocycles. The van der Waals surface area contributed by atoms with Gasteiger partial charge in [-0.2, -0.15) is 0 Å². The zero-order valence-electron chi connectivity index (χ0n) is 77.0. The molecule has 0 saturated carbocycles. The number of nitrogens with one attached hydrogen (secondary N) is 7. The molecule has 10 aromatic carbocycles. The van der Waals surface area contributed by atoms with Crippen LogP contribution in [0.4, 0.5) is 110 Å². The van der Waals surface area contributed by atoms with E-state index in [9.17, 15) is 73.6 Å². The molecule has 0 fully saturated rings. The number of ether oxygens (including phenoxy) is 3. The minimum absolute atomic E-state index is 0.0194. The largest absolute Gasteiger partial charge is 0.573 e. The monoisotopic (exact) mass is 1970 g/mol. The highest BCUT2D eigenvalue weighted by molar-refractivity contribution is 7.80. The fraction of sp³-hybridized carbons (Fsp3) is 0.181. The molecule has 734 valence electrons. The number of imidazole rings is 9. The number of carbonyl (C=O) groups is 5. The fourth-order valence-electron chi connectivity index (χ4n) is 14.0. The van der Waals surface area contributed by atoms with Gasteiger partial charge in [-0.25, -0.2) is 49.7 Å². The summed E-state index contributed by atoms with van der Waals surface area (Å²) in [6.07, 6.45) is -6.99. The number of hydrogen-bond acceptors (Lipinski definition) is 27. The third-order valence-electron chi connectivity index (χ3n) is 21.3. The Bertz CT molecular complexity index is 7820. The number of aryl methyl sites for hydroxylation is 7. The van der Waals surface area contributed by atoms with Crippen molar-refractivity contribution in [1.29, 1.82) is 0 Å². The number of alkyl halides is 9. The standard InChI is InChI=1S/C21H20F3N5O2.C18H14F3N5O2.C17H12F3N5O3.C14H13N5OS.C10H11N3O.C7H8N2O2.C7H10N2/c1-3-4-5-18(30)12-6-9-17-16(10-12)27-20(29(17)2)28-19-25-14-8-7-13(11-15(14)26-19)31-21(22,23)24;1-9(27)10-3-6-15-14(7-10)24-17(26(15)2)25-16-22-12-5-4-11(8-13(12)23-16)28-18(19,20)21;1-25-13-5-2-8(14(26)27)6-12(13)23-16(25)24-15-21-10-4-3-9(7-11(10)22-15)28-17(18,19)20;1-9(20)10-3-4-12-11(7-10)16-13(18(12)2)17-14(21)19-6-5-15-8-19;1-6(14)7-3-4-9-8(5-7)12-10(11)13(9)2;1-5-2-3-7(9(10)11)6(8)4-5;1-5-2-3-6(8)7(9)4-5/h6-11H,3-5H2,1-2H3,(H2,25,26,27,28);3-8H,1-2H3,(H2,22,23,24,25);2-7H,1H3,(H,26,27)(H2,21,22,23,24);3-8H,1-2H3,(H,16,17,21);3-5H,1-2H3,(H2,11,12);2-4H,8H2,1H3;2-4H,8-9H2,1H3. The van der Waals surface area contributed by atoms with Crippen molar-refractivity contribution < 1.29 is 87.7 Å². The van der Waals surface area contributed by atoms with Gasteiger partial charge in [0.2, 0.25) is 47.6 Å².